The smallest absolute Gasteiger partial charge is 0.319 e. The highest BCUT2D eigenvalue weighted by Gasteiger charge is 2.12. The highest BCUT2D eigenvalue weighted by molar-refractivity contribution is 6.30. The maximum atomic E-state index is 12.2. The zero-order valence-electron chi connectivity index (χ0n) is 13.6. The zero-order valence-corrected chi connectivity index (χ0v) is 14.3. The van der Waals surface area contributed by atoms with Crippen LogP contribution in [0.3, 0.4) is 0 Å². The molecule has 0 spiro atoms. The quantitative estimate of drug-likeness (QED) is 0.748. The van der Waals surface area contributed by atoms with Crippen LogP contribution < -0.4 is 15.4 Å². The summed E-state index contributed by atoms with van der Waals surface area (Å²) >= 11 is 5.87. The van der Waals surface area contributed by atoms with Gasteiger partial charge in [-0.2, -0.15) is 0 Å². The van der Waals surface area contributed by atoms with Crippen LogP contribution in [0.1, 0.15) is 18.5 Å². The van der Waals surface area contributed by atoms with Crippen molar-refractivity contribution in [1.29, 1.82) is 0 Å². The Balaban J connectivity index is 1.95. The number of benzene rings is 1. The first kappa shape index (κ1) is 18.0. The van der Waals surface area contributed by atoms with Crippen LogP contribution in [0.25, 0.3) is 0 Å². The van der Waals surface area contributed by atoms with Gasteiger partial charge in [-0.1, -0.05) is 23.7 Å². The first-order valence-electron chi connectivity index (χ1n) is 7.50. The molecule has 0 saturated carbocycles. The first-order chi connectivity index (χ1) is 11.6. The van der Waals surface area contributed by atoms with Gasteiger partial charge in [0.05, 0.1) is 12.6 Å². The summed E-state index contributed by atoms with van der Waals surface area (Å²) in [5.74, 6) is 0.351. The molecule has 0 aliphatic heterocycles. The van der Waals surface area contributed by atoms with Crippen molar-refractivity contribution in [1.82, 2.24) is 10.3 Å². The molecule has 24 heavy (non-hydrogen) atoms. The molecule has 1 unspecified atom stereocenters. The second-order valence-electron chi connectivity index (χ2n) is 5.07. The summed E-state index contributed by atoms with van der Waals surface area (Å²) in [5, 5.41) is 6.26. The number of hydrogen-bond donors (Lipinski definition) is 2. The van der Waals surface area contributed by atoms with Crippen molar-refractivity contribution in [2.45, 2.75) is 13.0 Å². The number of hydrogen-bond acceptors (Lipinski definition) is 4. The van der Waals surface area contributed by atoms with Crippen molar-refractivity contribution in [3.05, 3.63) is 53.2 Å². The molecule has 6 nitrogen and oxygen atoms in total. The van der Waals surface area contributed by atoms with Crippen LogP contribution in [0.2, 0.25) is 5.02 Å². The largest absolute Gasteiger partial charge is 0.474 e. The Hall–Kier alpha value is -2.31. The van der Waals surface area contributed by atoms with Gasteiger partial charge in [0.25, 0.3) is 0 Å². The van der Waals surface area contributed by atoms with Crippen molar-refractivity contribution >= 4 is 23.3 Å². The molecule has 1 aromatic heterocycles. The minimum atomic E-state index is -0.345. The van der Waals surface area contributed by atoms with Crippen molar-refractivity contribution in [2.24, 2.45) is 0 Å². The summed E-state index contributed by atoms with van der Waals surface area (Å²) in [5.41, 5.74) is 1.45. The summed E-state index contributed by atoms with van der Waals surface area (Å²) < 4.78 is 10.4. The number of aromatic nitrogens is 1. The van der Waals surface area contributed by atoms with Crippen LogP contribution in [0.4, 0.5) is 10.5 Å². The summed E-state index contributed by atoms with van der Waals surface area (Å²) in [6, 6.07) is 10.3. The molecular formula is C17H20ClN3O3. The van der Waals surface area contributed by atoms with Gasteiger partial charge in [0, 0.05) is 18.3 Å². The predicted molar refractivity (Wildman–Crippen MR) is 93.6 cm³/mol. The predicted octanol–water partition coefficient (Wildman–Crippen LogP) is 3.64. The highest BCUT2D eigenvalue weighted by atomic mass is 35.5. The monoisotopic (exact) mass is 349 g/mol. The number of carbonyl (C=O) groups excluding carboxylic acids is 1. The number of rotatable bonds is 7. The second kappa shape index (κ2) is 9.10. The normalized spacial score (nSPS) is 11.6. The fourth-order valence-electron chi connectivity index (χ4n) is 2.01. The van der Waals surface area contributed by atoms with E-state index in [1.54, 1.807) is 37.6 Å². The standard InChI is InChI=1S/C17H20ClN3O3/c1-12(13-5-7-14(18)8-6-13)20-17(22)21-15-4-3-9-19-16(15)24-11-10-23-2/h3-9,12H,10-11H2,1-2H3,(H2,20,21,22). The Bertz CT molecular complexity index is 664. The molecule has 2 amide bonds. The van der Waals surface area contributed by atoms with Crippen molar-refractivity contribution in [3.63, 3.8) is 0 Å². The second-order valence-corrected chi connectivity index (χ2v) is 5.51. The third kappa shape index (κ3) is 5.40. The number of nitrogens with one attached hydrogen (secondary N) is 2. The Kier molecular flexibility index (Phi) is 6.84. The van der Waals surface area contributed by atoms with E-state index in [0.29, 0.717) is 29.8 Å². The van der Waals surface area contributed by atoms with E-state index in [-0.39, 0.29) is 12.1 Å². The fraction of sp³-hybridized carbons (Fsp3) is 0.294. The van der Waals surface area contributed by atoms with Crippen LogP contribution in [-0.4, -0.2) is 31.3 Å². The molecule has 1 aromatic carbocycles. The van der Waals surface area contributed by atoms with Crippen molar-refractivity contribution in [3.8, 4) is 5.88 Å². The van der Waals surface area contributed by atoms with Crippen LogP contribution in [0, 0.1) is 0 Å². The van der Waals surface area contributed by atoms with Gasteiger partial charge in [-0.15, -0.1) is 0 Å². The molecule has 0 fully saturated rings. The fourth-order valence-corrected chi connectivity index (χ4v) is 2.14. The lowest BCUT2D eigenvalue weighted by atomic mass is 10.1. The average molecular weight is 350 g/mol. The van der Waals surface area contributed by atoms with E-state index in [2.05, 4.69) is 15.6 Å². The Morgan fingerprint density at radius 3 is 2.71 bits per heavy atom. The summed E-state index contributed by atoms with van der Waals surface area (Å²) in [6.07, 6.45) is 1.60. The molecule has 2 aromatic rings. The maximum absolute atomic E-state index is 12.2. The molecule has 1 heterocycles. The molecule has 0 radical (unpaired) electrons. The summed E-state index contributed by atoms with van der Waals surface area (Å²) in [6.45, 7) is 2.68. The third-order valence-electron chi connectivity index (χ3n) is 3.26. The van der Waals surface area contributed by atoms with E-state index in [9.17, 15) is 4.79 Å². The summed E-state index contributed by atoms with van der Waals surface area (Å²) in [7, 11) is 1.59. The Labute approximate surface area is 146 Å². The molecule has 1 atom stereocenters. The van der Waals surface area contributed by atoms with Gasteiger partial charge in [0.15, 0.2) is 0 Å². The Morgan fingerprint density at radius 1 is 1.25 bits per heavy atom. The number of methoxy groups -OCH3 is 1. The number of anilines is 1. The van der Waals surface area contributed by atoms with E-state index >= 15 is 0 Å². The lowest BCUT2D eigenvalue weighted by Gasteiger charge is -2.16. The number of nitrogens with zero attached hydrogens (tertiary/aromatic N) is 1. The molecule has 7 heteroatoms. The van der Waals surface area contributed by atoms with Gasteiger partial charge in [0.2, 0.25) is 5.88 Å². The van der Waals surface area contributed by atoms with Crippen molar-refractivity contribution < 1.29 is 14.3 Å². The van der Waals surface area contributed by atoms with Gasteiger partial charge in [-0.05, 0) is 36.8 Å². The lowest BCUT2D eigenvalue weighted by molar-refractivity contribution is 0.144. The molecule has 0 bridgehead atoms. The molecule has 128 valence electrons. The van der Waals surface area contributed by atoms with Crippen molar-refractivity contribution in [2.75, 3.05) is 25.6 Å². The molecule has 0 saturated heterocycles. The minimum Gasteiger partial charge on any atom is -0.474 e. The number of pyridine rings is 1. The van der Waals surface area contributed by atoms with Crippen LogP contribution in [-0.2, 0) is 4.74 Å². The lowest BCUT2D eigenvalue weighted by Crippen LogP contribution is -2.31. The third-order valence-corrected chi connectivity index (χ3v) is 3.52. The van der Waals surface area contributed by atoms with E-state index in [4.69, 9.17) is 21.1 Å². The number of urea groups is 1. The number of ether oxygens (including phenoxy) is 2. The SMILES string of the molecule is COCCOc1ncccc1NC(=O)NC(C)c1ccc(Cl)cc1. The number of carbonyl (C=O) groups is 1. The number of amides is 2. The van der Waals surface area contributed by atoms with Gasteiger partial charge >= 0.3 is 6.03 Å². The zero-order chi connectivity index (χ0) is 17.4. The summed E-state index contributed by atoms with van der Waals surface area (Å²) in [4.78, 5) is 16.3. The maximum Gasteiger partial charge on any atom is 0.319 e. The van der Waals surface area contributed by atoms with E-state index < -0.39 is 0 Å². The van der Waals surface area contributed by atoms with Gasteiger partial charge < -0.3 is 20.1 Å². The molecular weight excluding hydrogens is 330 g/mol. The molecule has 2 N–H and O–H groups in total. The molecule has 2 rings (SSSR count). The van der Waals surface area contributed by atoms with Crippen LogP contribution in [0.15, 0.2) is 42.6 Å². The highest BCUT2D eigenvalue weighted by Crippen LogP contribution is 2.21. The average Bonchev–Trinajstić information content (AvgIpc) is 2.57. The minimum absolute atomic E-state index is 0.170. The van der Waals surface area contributed by atoms with Gasteiger partial charge in [-0.25, -0.2) is 9.78 Å². The van der Waals surface area contributed by atoms with E-state index in [1.807, 2.05) is 19.1 Å². The topological polar surface area (TPSA) is 72.5 Å². The van der Waals surface area contributed by atoms with Crippen LogP contribution in [0.5, 0.6) is 5.88 Å². The number of halogens is 1. The van der Waals surface area contributed by atoms with Crippen LogP contribution >= 0.6 is 11.6 Å². The van der Waals surface area contributed by atoms with Gasteiger partial charge in [0.1, 0.15) is 12.3 Å². The van der Waals surface area contributed by atoms with E-state index in [1.165, 1.54) is 0 Å². The first-order valence-corrected chi connectivity index (χ1v) is 7.87. The van der Waals surface area contributed by atoms with Gasteiger partial charge in [-0.3, -0.25) is 0 Å². The van der Waals surface area contributed by atoms with E-state index in [0.717, 1.165) is 5.56 Å². The molecule has 0 aliphatic carbocycles. The molecule has 0 aliphatic rings. The Morgan fingerprint density at radius 2 is 2.00 bits per heavy atom.